The molecule has 0 saturated carbocycles. The van der Waals surface area contributed by atoms with E-state index in [1.165, 1.54) is 19.9 Å². The van der Waals surface area contributed by atoms with E-state index in [1.807, 2.05) is 0 Å². The van der Waals surface area contributed by atoms with Crippen molar-refractivity contribution in [2.75, 3.05) is 0 Å². The Labute approximate surface area is 105 Å². The number of hydrogen-bond donors (Lipinski definition) is 4. The molecule has 2 aromatic rings. The molecule has 4 N–H and O–H groups in total. The van der Waals surface area contributed by atoms with Gasteiger partial charge in [0.1, 0.15) is 5.69 Å². The number of rotatable bonds is 1. The lowest BCUT2D eigenvalue weighted by molar-refractivity contribution is 0.0909. The Morgan fingerprint density at radius 3 is 1.95 bits per heavy atom. The molecule has 0 fully saturated rings. The molecule has 0 aliphatic heterocycles. The average molecular weight is 268 g/mol. The molecule has 19 heavy (non-hydrogen) atoms. The minimum Gasteiger partial charge on any atom is -0.493 e. The summed E-state index contributed by atoms with van der Waals surface area (Å²) < 4.78 is 0.766. The third-order valence-electron chi connectivity index (χ3n) is 2.00. The Kier molecular flexibility index (Phi) is 4.24. The predicted octanol–water partition coefficient (Wildman–Crippen LogP) is -0.552. The van der Waals surface area contributed by atoms with Crippen LogP contribution in [0.15, 0.2) is 21.7 Å². The van der Waals surface area contributed by atoms with E-state index in [-0.39, 0.29) is 17.2 Å². The van der Waals surface area contributed by atoms with E-state index in [4.69, 9.17) is 5.11 Å². The zero-order valence-electron chi connectivity index (χ0n) is 10.2. The van der Waals surface area contributed by atoms with Crippen molar-refractivity contribution >= 4 is 11.7 Å². The van der Waals surface area contributed by atoms with Gasteiger partial charge in [-0.25, -0.2) is 0 Å². The number of carbonyl (C=O) groups excluding carboxylic acids is 2. The Hall–Kier alpha value is -2.84. The van der Waals surface area contributed by atoms with Crippen molar-refractivity contribution < 1.29 is 14.7 Å². The molecule has 2 heterocycles. The summed E-state index contributed by atoms with van der Waals surface area (Å²) in [6, 6.07) is 2.16. The highest BCUT2D eigenvalue weighted by Crippen LogP contribution is 2.00. The van der Waals surface area contributed by atoms with E-state index < -0.39 is 11.5 Å². The third-order valence-corrected chi connectivity index (χ3v) is 2.00. The van der Waals surface area contributed by atoms with Gasteiger partial charge in [0, 0.05) is 19.9 Å². The maximum absolute atomic E-state index is 10.5. The quantitative estimate of drug-likeness (QED) is 0.513. The summed E-state index contributed by atoms with van der Waals surface area (Å²) >= 11 is 0. The van der Waals surface area contributed by atoms with Crippen molar-refractivity contribution in [1.82, 2.24) is 20.0 Å². The molecule has 0 radical (unpaired) electrons. The second-order valence-corrected chi connectivity index (χ2v) is 3.56. The zero-order valence-corrected chi connectivity index (χ0v) is 10.2. The molecule has 0 aliphatic carbocycles. The number of aromatic nitrogens is 4. The van der Waals surface area contributed by atoms with Crippen LogP contribution in [0, 0.1) is 0 Å². The summed E-state index contributed by atoms with van der Waals surface area (Å²) in [6.45, 7) is 2.62. The summed E-state index contributed by atoms with van der Waals surface area (Å²) in [5.74, 6) is -0.939. The van der Waals surface area contributed by atoms with Gasteiger partial charge < -0.3 is 5.11 Å². The second-order valence-electron chi connectivity index (χ2n) is 3.56. The molecular formula is C10H12N4O5. The van der Waals surface area contributed by atoms with Gasteiger partial charge in [0.05, 0.1) is 6.07 Å². The lowest BCUT2D eigenvalue weighted by Gasteiger charge is -1.93. The highest BCUT2D eigenvalue weighted by Gasteiger charge is 2.04. The number of H-pyrrole nitrogens is 3. The van der Waals surface area contributed by atoms with Gasteiger partial charge >= 0.3 is 0 Å². The van der Waals surface area contributed by atoms with Crippen molar-refractivity contribution in [3.63, 3.8) is 0 Å². The molecule has 0 saturated heterocycles. The van der Waals surface area contributed by atoms with Gasteiger partial charge in [-0.05, 0) is 0 Å². The van der Waals surface area contributed by atoms with Crippen LogP contribution in [0.2, 0.25) is 0 Å². The highest BCUT2D eigenvalue weighted by atomic mass is 16.3. The fraction of sp³-hybridized carbons (Fsp3) is 0.200. The minimum atomic E-state index is -0.493. The van der Waals surface area contributed by atoms with Gasteiger partial charge in [0.2, 0.25) is 11.8 Å². The number of ketones is 1. The molecule has 9 heteroatoms. The smallest absolute Gasteiger partial charge is 0.268 e. The number of hydrogen-bond acceptors (Lipinski definition) is 5. The highest BCUT2D eigenvalue weighted by molar-refractivity contribution is 5.91. The normalized spacial score (nSPS) is 9.58. The van der Waals surface area contributed by atoms with Gasteiger partial charge in [0.15, 0.2) is 5.78 Å². The molecular weight excluding hydrogens is 256 g/mol. The Morgan fingerprint density at radius 2 is 1.74 bits per heavy atom. The number of nitrogens with zero attached hydrogens (tertiary/aromatic N) is 1. The van der Waals surface area contributed by atoms with Crippen LogP contribution in [0.4, 0.5) is 0 Å². The Balaban J connectivity index is 0.000000191. The van der Waals surface area contributed by atoms with Crippen LogP contribution < -0.4 is 11.1 Å². The molecule has 0 bridgehead atoms. The van der Waals surface area contributed by atoms with Crippen LogP contribution in [0.3, 0.4) is 0 Å². The monoisotopic (exact) mass is 268 g/mol. The first-order chi connectivity index (χ1) is 8.81. The van der Waals surface area contributed by atoms with Gasteiger partial charge in [-0.15, -0.1) is 0 Å². The van der Waals surface area contributed by atoms with E-state index in [0.717, 1.165) is 10.7 Å². The predicted molar refractivity (Wildman–Crippen MR) is 64.4 cm³/mol. The largest absolute Gasteiger partial charge is 0.493 e. The summed E-state index contributed by atoms with van der Waals surface area (Å²) in [6.07, 6.45) is 0. The number of Topliss-reactive ketones (excluding diaryl/α,β-unsaturated/α-hetero) is 1. The molecule has 2 rings (SSSR count). The lowest BCUT2D eigenvalue weighted by Crippen LogP contribution is -2.10. The fourth-order valence-electron chi connectivity index (χ4n) is 1.14. The van der Waals surface area contributed by atoms with Crippen LogP contribution in [-0.2, 0) is 0 Å². The van der Waals surface area contributed by atoms with Gasteiger partial charge in [-0.1, -0.05) is 0 Å². The number of carbonyl (C=O) groups is 2. The molecule has 102 valence electrons. The van der Waals surface area contributed by atoms with Crippen LogP contribution >= 0.6 is 0 Å². The molecule has 0 aliphatic rings. The first kappa shape index (κ1) is 14.2. The topological polar surface area (TPSA) is 141 Å². The van der Waals surface area contributed by atoms with Crippen molar-refractivity contribution in [2.24, 2.45) is 0 Å². The van der Waals surface area contributed by atoms with Crippen molar-refractivity contribution in [3.8, 4) is 5.88 Å². The Bertz CT molecular complexity index is 702. The molecule has 9 nitrogen and oxygen atoms in total. The van der Waals surface area contributed by atoms with Crippen molar-refractivity contribution in [3.05, 3.63) is 38.5 Å². The van der Waals surface area contributed by atoms with Gasteiger partial charge in [-0.2, -0.15) is 4.68 Å². The van der Waals surface area contributed by atoms with Crippen molar-refractivity contribution in [2.45, 2.75) is 13.8 Å². The summed E-state index contributed by atoms with van der Waals surface area (Å²) in [7, 11) is 0. The third kappa shape index (κ3) is 3.84. The zero-order chi connectivity index (χ0) is 14.6. The van der Waals surface area contributed by atoms with Crippen LogP contribution in [-0.4, -0.2) is 36.8 Å². The van der Waals surface area contributed by atoms with E-state index in [1.54, 1.807) is 0 Å². The molecule has 0 atom stereocenters. The summed E-state index contributed by atoms with van der Waals surface area (Å²) in [5.41, 5.74) is -0.451. The number of aromatic amines is 3. The van der Waals surface area contributed by atoms with Crippen LogP contribution in [0.5, 0.6) is 5.88 Å². The molecule has 0 amide bonds. The average Bonchev–Trinajstić information content (AvgIpc) is 2.85. The standard InChI is InChI=1S/C5H6N2O3.C5H6N2O2/c1-3(8)7-5(10)2-4(9)6-7;1-3(8)4-2-5(9)7-6-4/h2,10H,1H3,(H,6,9);2H,1H3,(H2,6,7,9). The van der Waals surface area contributed by atoms with Gasteiger partial charge in [-0.3, -0.25) is 34.5 Å². The summed E-state index contributed by atoms with van der Waals surface area (Å²) in [4.78, 5) is 41.8. The fourth-order valence-corrected chi connectivity index (χ4v) is 1.14. The first-order valence-electron chi connectivity index (χ1n) is 5.12. The van der Waals surface area contributed by atoms with Gasteiger partial charge in [0.25, 0.3) is 11.1 Å². The molecule has 0 aromatic carbocycles. The van der Waals surface area contributed by atoms with E-state index in [2.05, 4.69) is 15.3 Å². The number of nitrogens with one attached hydrogen (secondary N) is 3. The maximum Gasteiger partial charge on any atom is 0.268 e. The van der Waals surface area contributed by atoms with Crippen molar-refractivity contribution in [1.29, 1.82) is 0 Å². The first-order valence-corrected chi connectivity index (χ1v) is 5.12. The Morgan fingerprint density at radius 1 is 1.11 bits per heavy atom. The molecule has 2 aromatic heterocycles. The van der Waals surface area contributed by atoms with E-state index in [0.29, 0.717) is 5.69 Å². The molecule has 0 unspecified atom stereocenters. The van der Waals surface area contributed by atoms with E-state index in [9.17, 15) is 19.2 Å². The SMILES string of the molecule is CC(=O)c1cc(=O)[nH][nH]1.CC(=O)n1[nH]c(=O)cc1O. The van der Waals surface area contributed by atoms with Crippen LogP contribution in [0.25, 0.3) is 0 Å². The summed E-state index contributed by atoms with van der Waals surface area (Å²) in [5, 5.41) is 15.6. The molecule has 0 spiro atoms. The lowest BCUT2D eigenvalue weighted by atomic mass is 10.3. The van der Waals surface area contributed by atoms with Crippen LogP contribution in [0.1, 0.15) is 29.1 Å². The number of aromatic hydroxyl groups is 1. The minimum absolute atomic E-state index is 0.145. The second kappa shape index (κ2) is 5.67. The van der Waals surface area contributed by atoms with E-state index >= 15 is 0 Å². The maximum atomic E-state index is 10.5.